The van der Waals surface area contributed by atoms with Crippen molar-refractivity contribution in [1.82, 2.24) is 30.0 Å². The van der Waals surface area contributed by atoms with Gasteiger partial charge in [0.1, 0.15) is 11.5 Å². The monoisotopic (exact) mass is 511 g/mol. The zero-order valence-electron chi connectivity index (χ0n) is 21.3. The summed E-state index contributed by atoms with van der Waals surface area (Å²) in [5, 5.41) is 7.90. The highest BCUT2D eigenvalue weighted by atomic mass is 19.2. The molecule has 37 heavy (non-hydrogen) atoms. The molecule has 4 heterocycles. The Balaban J connectivity index is 1.20. The van der Waals surface area contributed by atoms with Gasteiger partial charge in [-0.3, -0.25) is 9.69 Å². The number of hydrogen-bond donors (Lipinski definition) is 0. The lowest BCUT2D eigenvalue weighted by Gasteiger charge is -2.47. The van der Waals surface area contributed by atoms with E-state index in [-0.39, 0.29) is 11.5 Å². The van der Waals surface area contributed by atoms with Crippen molar-refractivity contribution in [2.24, 2.45) is 0 Å². The Hall–Kier alpha value is -3.47. The maximum Gasteiger partial charge on any atom is 0.267 e. The highest BCUT2D eigenvalue weighted by Crippen LogP contribution is 2.28. The Morgan fingerprint density at radius 1 is 1.08 bits per heavy atom. The summed E-state index contributed by atoms with van der Waals surface area (Å²) < 4.78 is 32.3. The van der Waals surface area contributed by atoms with Crippen molar-refractivity contribution in [3.05, 3.63) is 53.2 Å². The zero-order chi connectivity index (χ0) is 26.1. The van der Waals surface area contributed by atoms with Gasteiger partial charge in [-0.15, -0.1) is 10.2 Å². The number of aryl methyl sites for hydroxylation is 2. The molecule has 3 aromatic rings. The summed E-state index contributed by atoms with van der Waals surface area (Å²) in [4.78, 5) is 28.7. The molecule has 2 aliphatic rings. The smallest absolute Gasteiger partial charge is 0.267 e. The number of piperazine rings is 1. The second-order valence-corrected chi connectivity index (χ2v) is 9.69. The quantitative estimate of drug-likeness (QED) is 0.513. The number of hydrogen-bond acceptors (Lipinski definition) is 8. The minimum Gasteiger partial charge on any atom is -0.420 e. The molecule has 2 aromatic heterocycles. The number of carbonyl (C=O) groups is 1. The van der Waals surface area contributed by atoms with Crippen LogP contribution in [0.15, 0.2) is 28.8 Å². The molecule has 1 atom stereocenters. The van der Waals surface area contributed by atoms with Gasteiger partial charge in [-0.2, -0.15) is 0 Å². The van der Waals surface area contributed by atoms with Gasteiger partial charge >= 0.3 is 0 Å². The van der Waals surface area contributed by atoms with Crippen molar-refractivity contribution in [1.29, 1.82) is 0 Å². The van der Waals surface area contributed by atoms with E-state index in [9.17, 15) is 13.6 Å². The SMILES string of the molecule is CC[C@H]1CN(c2ncc(-c3nnc(C)o3)nc2C)CCN1C1CCN(C(=O)c2ccc(F)c(F)c2)CC1. The number of aromatic nitrogens is 4. The van der Waals surface area contributed by atoms with E-state index in [0.717, 1.165) is 62.5 Å². The van der Waals surface area contributed by atoms with Crippen molar-refractivity contribution in [2.75, 3.05) is 37.6 Å². The Labute approximate surface area is 214 Å². The minimum absolute atomic E-state index is 0.189. The molecular formula is C26H31F2N7O2. The first-order valence-electron chi connectivity index (χ1n) is 12.7. The van der Waals surface area contributed by atoms with Crippen LogP contribution in [0.5, 0.6) is 0 Å². The molecule has 2 fully saturated rings. The van der Waals surface area contributed by atoms with Crippen molar-refractivity contribution >= 4 is 11.7 Å². The Morgan fingerprint density at radius 2 is 1.86 bits per heavy atom. The number of halogens is 2. The molecule has 11 heteroatoms. The molecule has 2 aliphatic heterocycles. The van der Waals surface area contributed by atoms with Crippen molar-refractivity contribution < 1.29 is 18.0 Å². The third kappa shape index (κ3) is 5.18. The summed E-state index contributed by atoms with van der Waals surface area (Å²) in [6.45, 7) is 9.65. The summed E-state index contributed by atoms with van der Waals surface area (Å²) >= 11 is 0. The van der Waals surface area contributed by atoms with E-state index in [1.54, 1.807) is 18.0 Å². The van der Waals surface area contributed by atoms with Crippen LogP contribution in [0.1, 0.15) is 48.1 Å². The number of piperidine rings is 1. The van der Waals surface area contributed by atoms with Gasteiger partial charge in [0.05, 0.1) is 11.9 Å². The topological polar surface area (TPSA) is 91.5 Å². The molecule has 0 saturated carbocycles. The van der Waals surface area contributed by atoms with Gasteiger partial charge in [0.15, 0.2) is 11.6 Å². The summed E-state index contributed by atoms with van der Waals surface area (Å²) in [6, 6.07) is 4.06. The van der Waals surface area contributed by atoms with Crippen molar-refractivity contribution in [3.63, 3.8) is 0 Å². The van der Waals surface area contributed by atoms with E-state index in [4.69, 9.17) is 4.42 Å². The average molecular weight is 512 g/mol. The molecule has 1 aromatic carbocycles. The molecule has 0 N–H and O–H groups in total. The average Bonchev–Trinajstić information content (AvgIpc) is 3.36. The first kappa shape index (κ1) is 25.2. The molecule has 2 saturated heterocycles. The summed E-state index contributed by atoms with van der Waals surface area (Å²) in [6.07, 6.45) is 4.38. The van der Waals surface area contributed by atoms with Crippen molar-refractivity contribution in [3.8, 4) is 11.6 Å². The maximum atomic E-state index is 13.6. The number of amides is 1. The third-order valence-electron chi connectivity index (χ3n) is 7.35. The Bertz CT molecular complexity index is 1280. The van der Waals surface area contributed by atoms with Crippen LogP contribution in [-0.2, 0) is 0 Å². The standard InChI is InChI=1S/C26H31F2N7O2/c1-4-19-15-34(24-16(2)30-23(14-29-24)25-32-31-17(3)37-25)11-12-35(19)20-7-9-33(10-8-20)26(36)18-5-6-21(27)22(28)13-18/h5-6,13-14,19-20H,4,7-12,15H2,1-3H3/t19-/m0/s1. The highest BCUT2D eigenvalue weighted by Gasteiger charge is 2.35. The zero-order valence-corrected chi connectivity index (χ0v) is 21.3. The van der Waals surface area contributed by atoms with Gasteiger partial charge in [0.2, 0.25) is 5.89 Å². The molecule has 0 bridgehead atoms. The molecule has 1 amide bonds. The van der Waals surface area contributed by atoms with Crippen LogP contribution in [0.3, 0.4) is 0 Å². The van der Waals surface area contributed by atoms with Crippen LogP contribution in [0.25, 0.3) is 11.6 Å². The molecule has 0 unspecified atom stereocenters. The molecule has 0 spiro atoms. The van der Waals surface area contributed by atoms with Gasteiger partial charge in [-0.25, -0.2) is 18.7 Å². The number of likely N-dealkylation sites (tertiary alicyclic amines) is 1. The van der Waals surface area contributed by atoms with E-state index < -0.39 is 11.6 Å². The molecule has 5 rings (SSSR count). The van der Waals surface area contributed by atoms with Crippen molar-refractivity contribution in [2.45, 2.75) is 52.1 Å². The highest BCUT2D eigenvalue weighted by molar-refractivity contribution is 5.94. The second kappa shape index (κ2) is 10.5. The number of nitrogens with zero attached hydrogens (tertiary/aromatic N) is 7. The first-order valence-corrected chi connectivity index (χ1v) is 12.7. The molecule has 196 valence electrons. The van der Waals surface area contributed by atoms with Gasteiger partial charge in [0, 0.05) is 57.3 Å². The number of rotatable bonds is 5. The third-order valence-corrected chi connectivity index (χ3v) is 7.35. The summed E-state index contributed by atoms with van der Waals surface area (Å²) in [7, 11) is 0. The molecule has 0 radical (unpaired) electrons. The Morgan fingerprint density at radius 3 is 2.51 bits per heavy atom. The van der Waals surface area contributed by atoms with Crippen LogP contribution in [0.2, 0.25) is 0 Å². The lowest BCUT2D eigenvalue weighted by Crippen LogP contribution is -2.58. The van der Waals surface area contributed by atoms with E-state index >= 15 is 0 Å². The predicted octanol–water partition coefficient (Wildman–Crippen LogP) is 3.63. The first-order chi connectivity index (χ1) is 17.8. The summed E-state index contributed by atoms with van der Waals surface area (Å²) in [5.41, 5.74) is 1.58. The van der Waals surface area contributed by atoms with Gasteiger partial charge < -0.3 is 14.2 Å². The molecule has 0 aliphatic carbocycles. The van der Waals surface area contributed by atoms with Crippen LogP contribution in [0, 0.1) is 25.5 Å². The van der Waals surface area contributed by atoms with E-state index in [2.05, 4.69) is 36.9 Å². The number of benzene rings is 1. The maximum absolute atomic E-state index is 13.6. The normalized spacial score (nSPS) is 19.4. The second-order valence-electron chi connectivity index (χ2n) is 9.69. The van der Waals surface area contributed by atoms with E-state index in [0.29, 0.717) is 42.6 Å². The molecule has 9 nitrogen and oxygen atoms in total. The fourth-order valence-electron chi connectivity index (χ4n) is 5.41. The lowest BCUT2D eigenvalue weighted by atomic mass is 9.97. The van der Waals surface area contributed by atoms with Crippen LogP contribution >= 0.6 is 0 Å². The number of anilines is 1. The number of carbonyl (C=O) groups excluding carboxylic acids is 1. The van der Waals surface area contributed by atoms with E-state index in [1.165, 1.54) is 6.07 Å². The minimum atomic E-state index is -0.997. The lowest BCUT2D eigenvalue weighted by molar-refractivity contribution is 0.0490. The van der Waals surface area contributed by atoms with Gasteiger partial charge in [0.25, 0.3) is 11.8 Å². The predicted molar refractivity (Wildman–Crippen MR) is 133 cm³/mol. The fourth-order valence-corrected chi connectivity index (χ4v) is 5.41. The van der Waals surface area contributed by atoms with Gasteiger partial charge in [-0.1, -0.05) is 6.92 Å². The molecular weight excluding hydrogens is 480 g/mol. The summed E-state index contributed by atoms with van der Waals surface area (Å²) in [5.74, 6) is -0.472. The van der Waals surface area contributed by atoms with Crippen LogP contribution in [0.4, 0.5) is 14.6 Å². The van der Waals surface area contributed by atoms with E-state index in [1.807, 2.05) is 6.92 Å². The van der Waals surface area contributed by atoms with Crippen LogP contribution < -0.4 is 4.90 Å². The van der Waals surface area contributed by atoms with Gasteiger partial charge in [-0.05, 0) is 44.4 Å². The Kier molecular flexibility index (Phi) is 7.14. The van der Waals surface area contributed by atoms with Crippen LogP contribution in [-0.4, -0.2) is 80.7 Å². The fraction of sp³-hybridized carbons (Fsp3) is 0.500. The largest absolute Gasteiger partial charge is 0.420 e.